The van der Waals surface area contributed by atoms with Gasteiger partial charge < -0.3 is 4.90 Å². The van der Waals surface area contributed by atoms with Crippen LogP contribution in [0.5, 0.6) is 0 Å². The van der Waals surface area contributed by atoms with E-state index in [4.69, 9.17) is 0 Å². The van der Waals surface area contributed by atoms with Crippen molar-refractivity contribution < 1.29 is 0 Å². The van der Waals surface area contributed by atoms with E-state index >= 15 is 0 Å². The summed E-state index contributed by atoms with van der Waals surface area (Å²) in [4.78, 5) is 3.86. The van der Waals surface area contributed by atoms with Gasteiger partial charge in [-0.2, -0.15) is 0 Å². The van der Waals surface area contributed by atoms with Crippen LogP contribution in [0.1, 0.15) is 47.2 Å². The van der Waals surface area contributed by atoms with E-state index in [2.05, 4.69) is 189 Å². The fourth-order valence-electron chi connectivity index (χ4n) is 9.37. The summed E-state index contributed by atoms with van der Waals surface area (Å²) >= 11 is 0. The van der Waals surface area contributed by atoms with E-state index in [1.54, 1.807) is 0 Å². The molecule has 3 aliphatic rings. The molecule has 10 rings (SSSR count). The van der Waals surface area contributed by atoms with Crippen molar-refractivity contribution in [3.63, 3.8) is 0 Å². The molecule has 0 N–H and O–H groups in total. The number of fused-ring (bicyclic) bond motifs is 13. The van der Waals surface area contributed by atoms with Gasteiger partial charge in [0.05, 0.1) is 5.41 Å². The molecule has 240 valence electrons. The Bertz CT molecular complexity index is 2440. The van der Waals surface area contributed by atoms with E-state index in [1.165, 1.54) is 88.7 Å². The Balaban J connectivity index is 1.23. The average Bonchev–Trinajstić information content (AvgIpc) is 3.71. The van der Waals surface area contributed by atoms with Gasteiger partial charge in [-0.1, -0.05) is 123 Å². The summed E-state index contributed by atoms with van der Waals surface area (Å²) < 4.78 is 0. The lowest BCUT2D eigenvalue weighted by molar-refractivity contribution is 0.660. The smallest absolute Gasteiger partial charge is 0.154 e. The van der Waals surface area contributed by atoms with E-state index in [1.807, 2.05) is 0 Å². The molecule has 50 heavy (non-hydrogen) atoms. The summed E-state index contributed by atoms with van der Waals surface area (Å²) in [7, 11) is 0.188. The van der Waals surface area contributed by atoms with Crippen molar-refractivity contribution in [3.8, 4) is 33.4 Å². The molecular formula is C48H38NS+. The topological polar surface area (TPSA) is 3.24 Å². The fraction of sp³-hybridized carbons (Fsp3) is 0.125. The third-order valence-electron chi connectivity index (χ3n) is 11.6. The molecule has 0 fully saturated rings. The number of hydrogen-bond acceptors (Lipinski definition) is 1. The molecule has 7 aromatic rings. The molecule has 0 aliphatic heterocycles. The van der Waals surface area contributed by atoms with Crippen molar-refractivity contribution >= 4 is 28.0 Å². The second kappa shape index (κ2) is 10.6. The molecule has 7 aromatic carbocycles. The van der Waals surface area contributed by atoms with E-state index in [9.17, 15) is 0 Å². The first kappa shape index (κ1) is 29.6. The molecule has 0 heterocycles. The van der Waals surface area contributed by atoms with Gasteiger partial charge in [-0.05, 0) is 115 Å². The van der Waals surface area contributed by atoms with E-state index in [0.29, 0.717) is 0 Å². The molecule has 0 unspecified atom stereocenters. The second-order valence-corrected chi connectivity index (χ2v) is 16.8. The van der Waals surface area contributed by atoms with Crippen LogP contribution in [0.15, 0.2) is 163 Å². The second-order valence-electron chi connectivity index (χ2n) is 14.7. The van der Waals surface area contributed by atoms with Crippen LogP contribution in [0.25, 0.3) is 33.4 Å². The summed E-state index contributed by atoms with van der Waals surface area (Å²) in [5.74, 6) is 0. The minimum atomic E-state index is -0.384. The molecule has 0 amide bonds. The Morgan fingerprint density at radius 3 is 1.26 bits per heavy atom. The molecule has 1 spiro atoms. The van der Waals surface area contributed by atoms with Gasteiger partial charge in [-0.3, -0.25) is 0 Å². The molecule has 1 nitrogen and oxygen atoms in total. The molecule has 2 heteroatoms. The lowest BCUT2D eigenvalue weighted by atomic mass is 9.70. The van der Waals surface area contributed by atoms with Gasteiger partial charge in [-0.25, -0.2) is 0 Å². The van der Waals surface area contributed by atoms with Crippen molar-refractivity contribution in [2.24, 2.45) is 0 Å². The van der Waals surface area contributed by atoms with E-state index in [-0.39, 0.29) is 21.7 Å². The molecule has 3 aliphatic carbocycles. The summed E-state index contributed by atoms with van der Waals surface area (Å²) in [5.41, 5.74) is 19.3. The van der Waals surface area contributed by atoms with Crippen molar-refractivity contribution in [2.75, 3.05) is 17.4 Å². The molecule has 0 atom stereocenters. The number of nitrogens with zero attached hydrogens (tertiary/aromatic N) is 1. The van der Waals surface area contributed by atoms with Gasteiger partial charge in [0.2, 0.25) is 0 Å². The Kier molecular flexibility index (Phi) is 6.27. The van der Waals surface area contributed by atoms with Crippen molar-refractivity contribution in [1.29, 1.82) is 0 Å². The van der Waals surface area contributed by atoms with Crippen LogP contribution in [-0.2, 0) is 21.7 Å². The number of benzene rings is 7. The quantitative estimate of drug-likeness (QED) is 0.170. The van der Waals surface area contributed by atoms with Gasteiger partial charge in [0.1, 0.15) is 12.5 Å². The standard InChI is InChI=1S/C48H38NS/c1-47(2)41-17-9-5-13-35(41)39-27-23-32(29-45(39)47)49(31-21-25-34(26-22-31)50(3)4)33-24-28-40-38-16-8-12-20-44(38)48(46(40)30-33)42-18-10-6-14-36(42)37-15-7-11-19-43(37)48/h5-30H,1-4H3/q+1. The third-order valence-corrected chi connectivity index (χ3v) is 12.8. The van der Waals surface area contributed by atoms with Crippen molar-refractivity contribution in [1.82, 2.24) is 0 Å². The average molecular weight is 661 g/mol. The highest BCUT2D eigenvalue weighted by Crippen LogP contribution is 2.63. The Morgan fingerprint density at radius 2 is 0.760 bits per heavy atom. The monoisotopic (exact) mass is 660 g/mol. The predicted octanol–water partition coefficient (Wildman–Crippen LogP) is 12.0. The van der Waals surface area contributed by atoms with E-state index in [0.717, 1.165) is 0 Å². The number of rotatable bonds is 4. The zero-order chi connectivity index (χ0) is 33.8. The normalized spacial score (nSPS) is 14.9. The number of hydrogen-bond donors (Lipinski definition) is 0. The van der Waals surface area contributed by atoms with Crippen LogP contribution in [0.4, 0.5) is 17.1 Å². The number of anilines is 3. The van der Waals surface area contributed by atoms with Crippen LogP contribution in [0.2, 0.25) is 0 Å². The highest BCUT2D eigenvalue weighted by Gasteiger charge is 2.51. The predicted molar refractivity (Wildman–Crippen MR) is 212 cm³/mol. The highest BCUT2D eigenvalue weighted by molar-refractivity contribution is 7.95. The summed E-state index contributed by atoms with van der Waals surface area (Å²) in [6, 6.07) is 59.7. The van der Waals surface area contributed by atoms with Crippen LogP contribution < -0.4 is 4.90 Å². The van der Waals surface area contributed by atoms with Gasteiger partial charge in [0.15, 0.2) is 4.90 Å². The van der Waals surface area contributed by atoms with Crippen molar-refractivity contribution in [2.45, 2.75) is 29.6 Å². The largest absolute Gasteiger partial charge is 0.310 e. The van der Waals surface area contributed by atoms with Gasteiger partial charge in [-0.15, -0.1) is 0 Å². The molecular weight excluding hydrogens is 623 g/mol. The zero-order valence-corrected chi connectivity index (χ0v) is 29.7. The Morgan fingerprint density at radius 1 is 0.380 bits per heavy atom. The summed E-state index contributed by atoms with van der Waals surface area (Å²) in [5, 5.41) is 0. The highest BCUT2D eigenvalue weighted by atomic mass is 32.2. The molecule has 0 aromatic heterocycles. The summed E-state index contributed by atoms with van der Waals surface area (Å²) in [6.45, 7) is 4.74. The third kappa shape index (κ3) is 3.86. The lowest BCUT2D eigenvalue weighted by Gasteiger charge is -2.32. The zero-order valence-electron chi connectivity index (χ0n) is 28.9. The van der Waals surface area contributed by atoms with Gasteiger partial charge in [0, 0.05) is 33.4 Å². The first-order valence-electron chi connectivity index (χ1n) is 17.5. The Labute approximate surface area is 298 Å². The van der Waals surface area contributed by atoms with Crippen LogP contribution in [-0.4, -0.2) is 12.5 Å². The van der Waals surface area contributed by atoms with Crippen LogP contribution in [0, 0.1) is 0 Å². The van der Waals surface area contributed by atoms with Crippen LogP contribution >= 0.6 is 0 Å². The summed E-state index contributed by atoms with van der Waals surface area (Å²) in [6.07, 6.45) is 4.59. The van der Waals surface area contributed by atoms with Gasteiger partial charge >= 0.3 is 0 Å². The van der Waals surface area contributed by atoms with Crippen molar-refractivity contribution in [3.05, 3.63) is 191 Å². The first-order valence-corrected chi connectivity index (χ1v) is 19.6. The molecule has 0 saturated carbocycles. The Hall–Kier alpha value is -5.31. The van der Waals surface area contributed by atoms with Crippen LogP contribution in [0.3, 0.4) is 0 Å². The SMILES string of the molecule is C[S+](C)c1ccc(N(c2ccc3c(c2)C(C)(C)c2ccccc2-3)c2ccc3c(c2)C2(c4ccccc4-c4ccccc42)c2ccccc2-3)cc1. The molecule has 0 bridgehead atoms. The maximum absolute atomic E-state index is 2.50. The maximum Gasteiger partial charge on any atom is 0.154 e. The molecule has 0 saturated heterocycles. The lowest BCUT2D eigenvalue weighted by Crippen LogP contribution is -2.26. The minimum absolute atomic E-state index is 0.0862. The maximum atomic E-state index is 2.50. The van der Waals surface area contributed by atoms with Gasteiger partial charge in [0.25, 0.3) is 0 Å². The minimum Gasteiger partial charge on any atom is -0.310 e. The fourth-order valence-corrected chi connectivity index (χ4v) is 10.0. The molecule has 0 radical (unpaired) electrons. The first-order chi connectivity index (χ1) is 24.4. The van der Waals surface area contributed by atoms with E-state index < -0.39 is 0 Å².